The van der Waals surface area contributed by atoms with Gasteiger partial charge in [0.1, 0.15) is 5.82 Å². The lowest BCUT2D eigenvalue weighted by Gasteiger charge is -2.15. The molecule has 0 radical (unpaired) electrons. The van der Waals surface area contributed by atoms with Crippen LogP contribution in [0.2, 0.25) is 0 Å². The van der Waals surface area contributed by atoms with Crippen molar-refractivity contribution >= 4 is 45.8 Å². The van der Waals surface area contributed by atoms with Gasteiger partial charge in [0.25, 0.3) is 0 Å². The van der Waals surface area contributed by atoms with E-state index < -0.39 is 0 Å². The Labute approximate surface area is 245 Å². The second-order valence-corrected chi connectivity index (χ2v) is 10.2. The largest absolute Gasteiger partial charge is 0.340 e. The predicted octanol–water partition coefficient (Wildman–Crippen LogP) is 5.20. The fraction of sp³-hybridized carbons (Fsp3) is 0.188. The van der Waals surface area contributed by atoms with Gasteiger partial charge in [-0.25, -0.2) is 9.97 Å². The third kappa shape index (κ3) is 7.78. The zero-order chi connectivity index (χ0) is 29.3. The van der Waals surface area contributed by atoms with Gasteiger partial charge in [0.05, 0.1) is 17.4 Å². The number of fused-ring (bicyclic) bond motifs is 1. The van der Waals surface area contributed by atoms with Crippen molar-refractivity contribution in [2.75, 3.05) is 36.6 Å². The molecule has 0 aliphatic rings. The van der Waals surface area contributed by atoms with Gasteiger partial charge < -0.3 is 30.7 Å². The Morgan fingerprint density at radius 2 is 1.71 bits per heavy atom. The summed E-state index contributed by atoms with van der Waals surface area (Å²) in [6, 6.07) is 23.8. The van der Waals surface area contributed by atoms with Crippen molar-refractivity contribution < 1.29 is 4.79 Å². The summed E-state index contributed by atoms with van der Waals surface area (Å²) in [6.45, 7) is 1.97. The topological polar surface area (TPSA) is 112 Å². The molecule has 42 heavy (non-hydrogen) atoms. The number of aromatic nitrogens is 4. The van der Waals surface area contributed by atoms with Crippen LogP contribution in [0, 0.1) is 0 Å². The molecule has 0 fully saturated rings. The van der Waals surface area contributed by atoms with E-state index in [-0.39, 0.29) is 5.91 Å². The van der Waals surface area contributed by atoms with Crippen LogP contribution >= 0.6 is 0 Å². The van der Waals surface area contributed by atoms with Gasteiger partial charge in [0.15, 0.2) is 0 Å². The molecule has 10 nitrogen and oxygen atoms in total. The quantitative estimate of drug-likeness (QED) is 0.154. The zero-order valence-electron chi connectivity index (χ0n) is 24.0. The lowest BCUT2D eigenvalue weighted by molar-refractivity contribution is -0.111. The van der Waals surface area contributed by atoms with Gasteiger partial charge in [0, 0.05) is 61.6 Å². The molecule has 5 aromatic rings. The van der Waals surface area contributed by atoms with Crippen LogP contribution in [0.3, 0.4) is 0 Å². The van der Waals surface area contributed by atoms with E-state index in [1.165, 1.54) is 5.56 Å². The van der Waals surface area contributed by atoms with Crippen LogP contribution in [0.15, 0.2) is 97.5 Å². The lowest BCUT2D eigenvalue weighted by Crippen LogP contribution is -2.15. The first-order valence-electron chi connectivity index (χ1n) is 13.7. The normalized spacial score (nSPS) is 11.3. The number of rotatable bonds is 12. The molecule has 0 saturated heterocycles. The number of hydrogen-bond acceptors (Lipinski definition) is 8. The molecule has 0 unspecified atom stereocenters. The van der Waals surface area contributed by atoms with Gasteiger partial charge in [-0.15, -0.1) is 0 Å². The molecule has 1 amide bonds. The highest BCUT2D eigenvalue weighted by Gasteiger charge is 2.11. The van der Waals surface area contributed by atoms with E-state index in [1.54, 1.807) is 12.4 Å². The molecule has 4 N–H and O–H groups in total. The Morgan fingerprint density at radius 1 is 0.905 bits per heavy atom. The van der Waals surface area contributed by atoms with Gasteiger partial charge >= 0.3 is 0 Å². The molecule has 5 rings (SSSR count). The third-order valence-corrected chi connectivity index (χ3v) is 6.47. The summed E-state index contributed by atoms with van der Waals surface area (Å²) in [6.07, 6.45) is 6.98. The first-order chi connectivity index (χ1) is 20.4. The second kappa shape index (κ2) is 13.5. The van der Waals surface area contributed by atoms with Crippen molar-refractivity contribution in [3.63, 3.8) is 0 Å². The van der Waals surface area contributed by atoms with Gasteiger partial charge in [0.2, 0.25) is 11.9 Å². The van der Waals surface area contributed by atoms with Crippen LogP contribution in [0.25, 0.3) is 11.0 Å². The highest BCUT2D eigenvalue weighted by Crippen LogP contribution is 2.25. The molecular weight excluding hydrogens is 526 g/mol. The van der Waals surface area contributed by atoms with E-state index >= 15 is 0 Å². The summed E-state index contributed by atoms with van der Waals surface area (Å²) >= 11 is 0. The Bertz CT molecular complexity index is 1680. The van der Waals surface area contributed by atoms with Gasteiger partial charge in [-0.05, 0) is 56.1 Å². The molecule has 0 aliphatic carbocycles. The van der Waals surface area contributed by atoms with E-state index in [4.69, 9.17) is 4.98 Å². The summed E-state index contributed by atoms with van der Waals surface area (Å²) in [5, 5.41) is 13.1. The van der Waals surface area contributed by atoms with E-state index in [1.807, 2.05) is 104 Å². The molecule has 0 bridgehead atoms. The standard InChI is InChI=1S/C32H35N9O/c1-40(2)16-8-13-30(42)36-25-11-7-12-26(17-25)37-31-24(20-33-19-23-9-5-4-6-10-23)21-34-32(39-31)38-27-14-15-29-28(18-27)35-22-41(29)3/h4-15,17-18,21-22,33H,16,19-20H2,1-3H3,(H,36,42)(H2,34,37,38,39)/b13-8+. The van der Waals surface area contributed by atoms with Gasteiger partial charge in [-0.2, -0.15) is 4.98 Å². The van der Waals surface area contributed by atoms with Crippen molar-refractivity contribution in [2.24, 2.45) is 7.05 Å². The van der Waals surface area contributed by atoms with Crippen molar-refractivity contribution in [1.29, 1.82) is 0 Å². The maximum Gasteiger partial charge on any atom is 0.248 e. The zero-order valence-corrected chi connectivity index (χ0v) is 24.0. The van der Waals surface area contributed by atoms with Crippen molar-refractivity contribution in [3.05, 3.63) is 109 Å². The minimum Gasteiger partial charge on any atom is -0.340 e. The molecule has 0 atom stereocenters. The molecular formula is C32H35N9O. The maximum absolute atomic E-state index is 12.4. The minimum atomic E-state index is -0.182. The summed E-state index contributed by atoms with van der Waals surface area (Å²) < 4.78 is 1.98. The minimum absolute atomic E-state index is 0.182. The van der Waals surface area contributed by atoms with Crippen LogP contribution in [-0.4, -0.2) is 51.0 Å². The molecule has 2 aromatic heterocycles. The predicted molar refractivity (Wildman–Crippen MR) is 169 cm³/mol. The van der Waals surface area contributed by atoms with Crippen LogP contribution in [0.4, 0.5) is 28.8 Å². The SMILES string of the molecule is CN(C)C/C=C/C(=O)Nc1cccc(Nc2nc(Nc3ccc4c(c3)ncn4C)ncc2CNCc2ccccc2)c1. The number of anilines is 5. The van der Waals surface area contributed by atoms with Crippen LogP contribution in [0.1, 0.15) is 11.1 Å². The summed E-state index contributed by atoms with van der Waals surface area (Å²) in [5.74, 6) is 0.926. The average molecular weight is 562 g/mol. The first-order valence-corrected chi connectivity index (χ1v) is 13.7. The number of aryl methyl sites for hydroxylation is 1. The fourth-order valence-electron chi connectivity index (χ4n) is 4.35. The number of nitrogens with one attached hydrogen (secondary N) is 4. The van der Waals surface area contributed by atoms with E-state index in [0.717, 1.165) is 28.0 Å². The number of hydrogen-bond donors (Lipinski definition) is 4. The lowest BCUT2D eigenvalue weighted by atomic mass is 10.2. The molecule has 0 spiro atoms. The monoisotopic (exact) mass is 561 g/mol. The molecule has 0 aliphatic heterocycles. The van der Waals surface area contributed by atoms with Crippen LogP contribution in [0.5, 0.6) is 0 Å². The third-order valence-electron chi connectivity index (χ3n) is 6.47. The van der Waals surface area contributed by atoms with E-state index in [0.29, 0.717) is 37.1 Å². The Balaban J connectivity index is 1.34. The highest BCUT2D eigenvalue weighted by molar-refractivity contribution is 5.99. The average Bonchev–Trinajstić information content (AvgIpc) is 3.34. The van der Waals surface area contributed by atoms with Crippen LogP contribution in [-0.2, 0) is 24.9 Å². The maximum atomic E-state index is 12.4. The molecule has 214 valence electrons. The number of imidazole rings is 1. The fourth-order valence-corrected chi connectivity index (χ4v) is 4.35. The molecule has 2 heterocycles. The Kier molecular flexibility index (Phi) is 9.17. The molecule has 3 aromatic carbocycles. The summed E-state index contributed by atoms with van der Waals surface area (Å²) in [4.78, 5) is 28.2. The van der Waals surface area contributed by atoms with Crippen LogP contribution < -0.4 is 21.3 Å². The van der Waals surface area contributed by atoms with Crippen molar-refractivity contribution in [2.45, 2.75) is 13.1 Å². The van der Waals surface area contributed by atoms with E-state index in [2.05, 4.69) is 43.4 Å². The van der Waals surface area contributed by atoms with Gasteiger partial charge in [-0.1, -0.05) is 42.5 Å². The Morgan fingerprint density at radius 3 is 2.55 bits per heavy atom. The number of nitrogens with zero attached hydrogens (tertiary/aromatic N) is 5. The molecule has 0 saturated carbocycles. The van der Waals surface area contributed by atoms with Crippen molar-refractivity contribution in [1.82, 2.24) is 29.7 Å². The summed E-state index contributed by atoms with van der Waals surface area (Å²) in [7, 11) is 5.88. The number of amides is 1. The highest BCUT2D eigenvalue weighted by atomic mass is 16.1. The number of carbonyl (C=O) groups is 1. The smallest absolute Gasteiger partial charge is 0.248 e. The van der Waals surface area contributed by atoms with Crippen molar-refractivity contribution in [3.8, 4) is 0 Å². The summed E-state index contributed by atoms with van der Waals surface area (Å²) in [5.41, 5.74) is 6.33. The Hall–Kier alpha value is -5.06. The molecule has 10 heteroatoms. The first kappa shape index (κ1) is 28.5. The number of carbonyl (C=O) groups excluding carboxylic acids is 1. The van der Waals surface area contributed by atoms with Gasteiger partial charge in [-0.3, -0.25) is 4.79 Å². The van der Waals surface area contributed by atoms with E-state index in [9.17, 15) is 4.79 Å². The second-order valence-electron chi connectivity index (χ2n) is 10.2. The number of likely N-dealkylation sites (N-methyl/N-ethyl adjacent to an activating group) is 1. The number of benzene rings is 3.